The number of unbranched alkanes of at least 4 members (excludes halogenated alkanes) is 8. The van der Waals surface area contributed by atoms with Gasteiger partial charge in [0, 0.05) is 0 Å². The van der Waals surface area contributed by atoms with E-state index >= 15 is 0 Å². The largest absolute Gasteiger partial charge is 1.00 e. The highest BCUT2D eigenvalue weighted by Gasteiger charge is 2.09. The second-order valence-electron chi connectivity index (χ2n) is 5.20. The molecule has 0 aromatic heterocycles. The van der Waals surface area contributed by atoms with Crippen LogP contribution in [0, 0.1) is 0 Å². The smallest absolute Gasteiger partial charge is 0.157 e. The standard InChI is InChI=1S/C14H31NO2.2ClH.H3N/c1-2-3-4-5-6-7-8-9-10-11-13(15)12-14(16)17;;;/h13-14,16-17H,2-12,15H2,1H3;2*1H;1H3. The molecule has 0 saturated heterocycles. The number of hydrogen-bond acceptors (Lipinski definition) is 2. The number of halogens is 2. The first-order chi connectivity index (χ1) is 8.16. The van der Waals surface area contributed by atoms with E-state index in [4.69, 9.17) is 10.2 Å². The van der Waals surface area contributed by atoms with Gasteiger partial charge in [-0.25, -0.2) is 0 Å². The summed E-state index contributed by atoms with van der Waals surface area (Å²) in [6.45, 7) is 2.25. The summed E-state index contributed by atoms with van der Waals surface area (Å²) >= 11 is 0. The van der Waals surface area contributed by atoms with E-state index in [9.17, 15) is 0 Å². The third-order valence-electron chi connectivity index (χ3n) is 3.26. The van der Waals surface area contributed by atoms with E-state index in [1.165, 1.54) is 57.8 Å². The fourth-order valence-corrected chi connectivity index (χ4v) is 2.16. The Kier molecular flexibility index (Phi) is 31.0. The van der Waals surface area contributed by atoms with E-state index in [2.05, 4.69) is 12.7 Å². The van der Waals surface area contributed by atoms with E-state index in [1.807, 2.05) is 0 Å². The molecule has 0 fully saturated rings. The van der Waals surface area contributed by atoms with Crippen LogP contribution in [-0.4, -0.2) is 22.5 Å². The van der Waals surface area contributed by atoms with Crippen molar-refractivity contribution in [1.82, 2.24) is 6.15 Å². The van der Waals surface area contributed by atoms with Crippen molar-refractivity contribution >= 4 is 0 Å². The Balaban J connectivity index is -0.000000427. The number of hydrogen-bond donors (Lipinski definition) is 4. The van der Waals surface area contributed by atoms with Gasteiger partial charge in [0.05, 0.1) is 12.5 Å². The second kappa shape index (κ2) is 21.7. The fraction of sp³-hybridized carbons (Fsp3) is 1.00. The van der Waals surface area contributed by atoms with Gasteiger partial charge in [-0.2, -0.15) is 0 Å². The third kappa shape index (κ3) is 23.5. The van der Waals surface area contributed by atoms with Gasteiger partial charge in [0.15, 0.2) is 6.29 Å². The number of rotatable bonds is 12. The van der Waals surface area contributed by atoms with Crippen LogP contribution in [0.4, 0.5) is 0 Å². The highest BCUT2D eigenvalue weighted by molar-refractivity contribution is 4.56. The van der Waals surface area contributed by atoms with E-state index < -0.39 is 6.29 Å². The molecule has 6 heteroatoms. The van der Waals surface area contributed by atoms with Crippen molar-refractivity contribution in [1.29, 1.82) is 0 Å². The first-order valence-corrected chi connectivity index (χ1v) is 7.36. The van der Waals surface area contributed by atoms with Crippen LogP contribution in [-0.2, 0) is 0 Å². The maximum Gasteiger partial charge on any atom is 0.157 e. The molecule has 0 heterocycles. The zero-order chi connectivity index (χ0) is 12.9. The molecule has 20 heavy (non-hydrogen) atoms. The van der Waals surface area contributed by atoms with E-state index in [-0.39, 0.29) is 37.0 Å². The molecule has 0 bridgehead atoms. The van der Waals surface area contributed by atoms with Crippen LogP contribution >= 0.6 is 0 Å². The third-order valence-corrected chi connectivity index (χ3v) is 3.26. The number of aliphatic hydroxyl groups is 2. The summed E-state index contributed by atoms with van der Waals surface area (Å²) in [4.78, 5) is 0. The average Bonchev–Trinajstić information content (AvgIpc) is 2.26. The SMILES string of the molecule is CCCCCCCCCCCC([NH3+])CC(O)O.[Cl-].[Cl-].[NH4+]. The molecule has 0 aliphatic rings. The first kappa shape index (κ1) is 28.6. The van der Waals surface area contributed by atoms with Crippen molar-refractivity contribution < 1.29 is 40.8 Å². The van der Waals surface area contributed by atoms with Crippen LogP contribution in [0.15, 0.2) is 0 Å². The Bertz CT molecular complexity index is 164. The molecule has 0 aliphatic heterocycles. The van der Waals surface area contributed by atoms with Gasteiger partial charge in [0.2, 0.25) is 0 Å². The van der Waals surface area contributed by atoms with Gasteiger partial charge in [-0.15, -0.1) is 0 Å². The van der Waals surface area contributed by atoms with Crippen LogP contribution < -0.4 is 36.7 Å². The summed E-state index contributed by atoms with van der Waals surface area (Å²) in [7, 11) is 0. The molecule has 1 atom stereocenters. The minimum absolute atomic E-state index is 0. The lowest BCUT2D eigenvalue weighted by atomic mass is 10.0. The Labute approximate surface area is 137 Å². The molecular formula is C14H36Cl2N2O2. The van der Waals surface area contributed by atoms with Gasteiger partial charge in [0.25, 0.3) is 0 Å². The lowest BCUT2D eigenvalue weighted by molar-refractivity contribution is -0.428. The topological polar surface area (TPSA) is 105 Å². The van der Waals surface area contributed by atoms with Crippen molar-refractivity contribution in [2.24, 2.45) is 0 Å². The number of aliphatic hydroxyl groups excluding tert-OH is 1. The molecule has 0 rings (SSSR count). The monoisotopic (exact) mass is 334 g/mol. The molecule has 9 N–H and O–H groups in total. The molecular weight excluding hydrogens is 299 g/mol. The van der Waals surface area contributed by atoms with E-state index in [1.54, 1.807) is 0 Å². The van der Waals surface area contributed by atoms with Crippen molar-refractivity contribution in [3.8, 4) is 0 Å². The van der Waals surface area contributed by atoms with Crippen LogP contribution in [0.1, 0.15) is 77.6 Å². The Morgan fingerprint density at radius 1 is 0.800 bits per heavy atom. The van der Waals surface area contributed by atoms with Gasteiger partial charge in [0.1, 0.15) is 0 Å². The zero-order valence-corrected chi connectivity index (χ0v) is 14.8. The molecule has 0 amide bonds. The quantitative estimate of drug-likeness (QED) is 0.221. The Hall–Kier alpha value is 0.420. The van der Waals surface area contributed by atoms with Crippen molar-refractivity contribution in [2.45, 2.75) is 89.9 Å². The van der Waals surface area contributed by atoms with E-state index in [0.717, 1.165) is 6.42 Å². The molecule has 0 radical (unpaired) electrons. The van der Waals surface area contributed by atoms with Gasteiger partial charge in [-0.3, -0.25) is 0 Å². The maximum atomic E-state index is 8.78. The lowest BCUT2D eigenvalue weighted by Crippen LogP contribution is -3.00. The zero-order valence-electron chi connectivity index (χ0n) is 13.3. The Morgan fingerprint density at radius 2 is 1.20 bits per heavy atom. The van der Waals surface area contributed by atoms with Crippen LogP contribution in [0.2, 0.25) is 0 Å². The first-order valence-electron chi connectivity index (χ1n) is 7.36. The lowest BCUT2D eigenvalue weighted by Gasteiger charge is -2.09. The average molecular weight is 335 g/mol. The van der Waals surface area contributed by atoms with Gasteiger partial charge in [-0.05, 0) is 12.8 Å². The summed E-state index contributed by atoms with van der Waals surface area (Å²) in [6, 6.07) is 0.194. The van der Waals surface area contributed by atoms with Crippen molar-refractivity contribution in [3.05, 3.63) is 0 Å². The second-order valence-corrected chi connectivity index (χ2v) is 5.20. The fourth-order valence-electron chi connectivity index (χ4n) is 2.16. The Morgan fingerprint density at radius 3 is 1.60 bits per heavy atom. The minimum Gasteiger partial charge on any atom is -1.00 e. The molecule has 1 unspecified atom stereocenters. The highest BCUT2D eigenvalue weighted by atomic mass is 35.5. The summed E-state index contributed by atoms with van der Waals surface area (Å²) in [5.74, 6) is 0. The summed E-state index contributed by atoms with van der Waals surface area (Å²) in [6.07, 6.45) is 12.2. The molecule has 0 aliphatic carbocycles. The van der Waals surface area contributed by atoms with Gasteiger partial charge in [-0.1, -0.05) is 58.3 Å². The maximum absolute atomic E-state index is 8.78. The van der Waals surface area contributed by atoms with E-state index in [0.29, 0.717) is 6.42 Å². The van der Waals surface area contributed by atoms with Gasteiger partial charge >= 0.3 is 0 Å². The normalized spacial score (nSPS) is 11.2. The molecule has 0 spiro atoms. The molecule has 128 valence electrons. The molecule has 0 aromatic rings. The van der Waals surface area contributed by atoms with Crippen LogP contribution in [0.3, 0.4) is 0 Å². The minimum atomic E-state index is -1.18. The van der Waals surface area contributed by atoms with Crippen LogP contribution in [0.25, 0.3) is 0 Å². The summed E-state index contributed by atoms with van der Waals surface area (Å²) < 4.78 is 0. The molecule has 0 saturated carbocycles. The predicted molar refractivity (Wildman–Crippen MR) is 77.3 cm³/mol. The summed E-state index contributed by atoms with van der Waals surface area (Å²) in [5, 5.41) is 17.6. The van der Waals surface area contributed by atoms with Crippen LogP contribution in [0.5, 0.6) is 0 Å². The molecule has 0 aromatic carbocycles. The van der Waals surface area contributed by atoms with Crippen molar-refractivity contribution in [2.75, 3.05) is 0 Å². The highest BCUT2D eigenvalue weighted by Crippen LogP contribution is 2.11. The predicted octanol–water partition coefficient (Wildman–Crippen LogP) is -3.40. The van der Waals surface area contributed by atoms with Crippen molar-refractivity contribution in [3.63, 3.8) is 0 Å². The summed E-state index contributed by atoms with van der Waals surface area (Å²) in [5.41, 5.74) is 3.93. The van der Waals surface area contributed by atoms with Gasteiger partial charge < -0.3 is 46.9 Å². The number of quaternary nitrogens is 2. The molecule has 4 nitrogen and oxygen atoms in total.